The molecule has 1 aromatic heterocycles. The fourth-order valence-electron chi connectivity index (χ4n) is 1.72. The van der Waals surface area contributed by atoms with Gasteiger partial charge in [-0.2, -0.15) is 5.10 Å². The van der Waals surface area contributed by atoms with Crippen LogP contribution in [-0.2, 0) is 13.1 Å². The van der Waals surface area contributed by atoms with Crippen molar-refractivity contribution >= 4 is 15.9 Å². The van der Waals surface area contributed by atoms with Crippen molar-refractivity contribution in [3.05, 3.63) is 52.5 Å². The van der Waals surface area contributed by atoms with Gasteiger partial charge < -0.3 is 5.32 Å². The molecule has 1 atom stereocenters. The maximum absolute atomic E-state index is 13.1. The molecule has 2 rings (SSSR count). The first-order valence-electron chi connectivity index (χ1n) is 5.80. The SMILES string of the molecule is CC(Cn1cccn1)NCc1cc(F)ccc1Br. The van der Waals surface area contributed by atoms with Crippen LogP contribution in [0.1, 0.15) is 12.5 Å². The van der Waals surface area contributed by atoms with E-state index >= 15 is 0 Å². The minimum atomic E-state index is -0.213. The van der Waals surface area contributed by atoms with Gasteiger partial charge in [-0.05, 0) is 36.8 Å². The summed E-state index contributed by atoms with van der Waals surface area (Å²) in [5, 5.41) is 7.50. The van der Waals surface area contributed by atoms with Gasteiger partial charge in [0.15, 0.2) is 0 Å². The average Bonchev–Trinajstić information content (AvgIpc) is 2.83. The molecule has 1 heterocycles. The van der Waals surface area contributed by atoms with E-state index in [4.69, 9.17) is 0 Å². The monoisotopic (exact) mass is 311 g/mol. The van der Waals surface area contributed by atoms with Crippen molar-refractivity contribution in [2.24, 2.45) is 0 Å². The van der Waals surface area contributed by atoms with Gasteiger partial charge in [0.05, 0.1) is 6.54 Å². The molecule has 0 radical (unpaired) electrons. The number of halogens is 2. The molecule has 0 spiro atoms. The van der Waals surface area contributed by atoms with Crippen LogP contribution >= 0.6 is 15.9 Å². The Hall–Kier alpha value is -1.20. The van der Waals surface area contributed by atoms with E-state index in [1.807, 2.05) is 16.9 Å². The molecule has 1 unspecified atom stereocenters. The molecule has 96 valence electrons. The summed E-state index contributed by atoms with van der Waals surface area (Å²) >= 11 is 3.42. The number of hydrogen-bond acceptors (Lipinski definition) is 2. The highest BCUT2D eigenvalue weighted by Gasteiger charge is 2.06. The second kappa shape index (κ2) is 6.11. The summed E-state index contributed by atoms with van der Waals surface area (Å²) in [5.74, 6) is -0.213. The lowest BCUT2D eigenvalue weighted by atomic mass is 10.2. The van der Waals surface area contributed by atoms with E-state index < -0.39 is 0 Å². The lowest BCUT2D eigenvalue weighted by Gasteiger charge is -2.14. The van der Waals surface area contributed by atoms with Gasteiger partial charge in [-0.3, -0.25) is 4.68 Å². The van der Waals surface area contributed by atoms with Crippen molar-refractivity contribution < 1.29 is 4.39 Å². The Morgan fingerprint density at radius 2 is 2.33 bits per heavy atom. The summed E-state index contributed by atoms with van der Waals surface area (Å²) in [6, 6.07) is 6.87. The first kappa shape index (κ1) is 13.2. The number of nitrogens with one attached hydrogen (secondary N) is 1. The number of aromatic nitrogens is 2. The van der Waals surface area contributed by atoms with Crippen LogP contribution in [0.4, 0.5) is 4.39 Å². The molecule has 0 aliphatic heterocycles. The molecule has 0 bridgehead atoms. The first-order chi connectivity index (χ1) is 8.65. The Labute approximate surface area is 114 Å². The molecule has 5 heteroatoms. The van der Waals surface area contributed by atoms with Gasteiger partial charge >= 0.3 is 0 Å². The summed E-state index contributed by atoms with van der Waals surface area (Å²) in [6.45, 7) is 3.50. The average molecular weight is 312 g/mol. The molecule has 0 saturated heterocycles. The van der Waals surface area contributed by atoms with Crippen LogP contribution in [0.5, 0.6) is 0 Å². The third kappa shape index (κ3) is 3.65. The topological polar surface area (TPSA) is 29.9 Å². The van der Waals surface area contributed by atoms with Gasteiger partial charge in [0.1, 0.15) is 5.82 Å². The summed E-state index contributed by atoms with van der Waals surface area (Å²) in [4.78, 5) is 0. The minimum Gasteiger partial charge on any atom is -0.308 e. The molecule has 0 saturated carbocycles. The third-order valence-corrected chi connectivity index (χ3v) is 3.44. The van der Waals surface area contributed by atoms with Crippen molar-refractivity contribution in [2.45, 2.75) is 26.1 Å². The summed E-state index contributed by atoms with van der Waals surface area (Å²) in [5.41, 5.74) is 0.919. The molecule has 0 fully saturated rings. The summed E-state index contributed by atoms with van der Waals surface area (Å²) in [6.07, 6.45) is 3.69. The van der Waals surface area contributed by atoms with Crippen LogP contribution < -0.4 is 5.32 Å². The van der Waals surface area contributed by atoms with Crippen LogP contribution in [0.25, 0.3) is 0 Å². The Balaban J connectivity index is 1.89. The number of rotatable bonds is 5. The molecule has 1 aromatic carbocycles. The van der Waals surface area contributed by atoms with Gasteiger partial charge in [-0.1, -0.05) is 15.9 Å². The van der Waals surface area contributed by atoms with Gasteiger partial charge in [-0.25, -0.2) is 4.39 Å². The highest BCUT2D eigenvalue weighted by molar-refractivity contribution is 9.10. The van der Waals surface area contributed by atoms with E-state index in [9.17, 15) is 4.39 Å². The zero-order chi connectivity index (χ0) is 13.0. The van der Waals surface area contributed by atoms with E-state index in [0.29, 0.717) is 6.54 Å². The predicted molar refractivity (Wildman–Crippen MR) is 72.6 cm³/mol. The van der Waals surface area contributed by atoms with Crippen LogP contribution in [0.2, 0.25) is 0 Å². The van der Waals surface area contributed by atoms with Crippen LogP contribution in [0, 0.1) is 5.82 Å². The molecule has 18 heavy (non-hydrogen) atoms. The fourth-order valence-corrected chi connectivity index (χ4v) is 2.10. The highest BCUT2D eigenvalue weighted by Crippen LogP contribution is 2.17. The van der Waals surface area contributed by atoms with Gasteiger partial charge in [-0.15, -0.1) is 0 Å². The van der Waals surface area contributed by atoms with E-state index in [1.54, 1.807) is 12.3 Å². The predicted octanol–water partition coefficient (Wildman–Crippen LogP) is 2.96. The lowest BCUT2D eigenvalue weighted by molar-refractivity contribution is 0.450. The molecular formula is C13H15BrFN3. The molecular weight excluding hydrogens is 297 g/mol. The first-order valence-corrected chi connectivity index (χ1v) is 6.59. The van der Waals surface area contributed by atoms with E-state index in [2.05, 4.69) is 33.3 Å². The van der Waals surface area contributed by atoms with E-state index in [-0.39, 0.29) is 11.9 Å². The van der Waals surface area contributed by atoms with E-state index in [1.165, 1.54) is 12.1 Å². The fraction of sp³-hybridized carbons (Fsp3) is 0.308. The zero-order valence-corrected chi connectivity index (χ0v) is 11.7. The molecule has 0 amide bonds. The van der Waals surface area contributed by atoms with Crippen molar-refractivity contribution in [3.63, 3.8) is 0 Å². The quantitative estimate of drug-likeness (QED) is 0.920. The van der Waals surface area contributed by atoms with Crippen LogP contribution in [-0.4, -0.2) is 15.8 Å². The highest BCUT2D eigenvalue weighted by atomic mass is 79.9. The summed E-state index contributed by atoms with van der Waals surface area (Å²) in [7, 11) is 0. The smallest absolute Gasteiger partial charge is 0.123 e. The minimum absolute atomic E-state index is 0.213. The van der Waals surface area contributed by atoms with Crippen LogP contribution in [0.3, 0.4) is 0 Å². The second-order valence-corrected chi connectivity index (χ2v) is 5.10. The van der Waals surface area contributed by atoms with Crippen molar-refractivity contribution in [2.75, 3.05) is 0 Å². The Morgan fingerprint density at radius 3 is 3.06 bits per heavy atom. The van der Waals surface area contributed by atoms with Crippen LogP contribution in [0.15, 0.2) is 41.1 Å². The van der Waals surface area contributed by atoms with Gasteiger partial charge in [0, 0.05) is 29.5 Å². The Morgan fingerprint density at radius 1 is 1.50 bits per heavy atom. The number of hydrogen-bond donors (Lipinski definition) is 1. The summed E-state index contributed by atoms with van der Waals surface area (Å²) < 4.78 is 15.9. The molecule has 2 aromatic rings. The standard InChI is InChI=1S/C13H15BrFN3/c1-10(9-18-6-2-5-17-18)16-8-11-7-12(15)3-4-13(11)14/h2-7,10,16H,8-9H2,1H3. The number of benzene rings is 1. The van der Waals surface area contributed by atoms with Crippen molar-refractivity contribution in [1.29, 1.82) is 0 Å². The number of nitrogens with zero attached hydrogens (tertiary/aromatic N) is 2. The Kier molecular flexibility index (Phi) is 4.49. The molecule has 3 nitrogen and oxygen atoms in total. The Bertz CT molecular complexity index is 499. The largest absolute Gasteiger partial charge is 0.308 e. The molecule has 0 aliphatic carbocycles. The second-order valence-electron chi connectivity index (χ2n) is 4.25. The lowest BCUT2D eigenvalue weighted by Crippen LogP contribution is -2.30. The molecule has 0 aliphatic rings. The van der Waals surface area contributed by atoms with Gasteiger partial charge in [0.2, 0.25) is 0 Å². The zero-order valence-electron chi connectivity index (χ0n) is 10.1. The maximum Gasteiger partial charge on any atom is 0.123 e. The van der Waals surface area contributed by atoms with Gasteiger partial charge in [0.25, 0.3) is 0 Å². The van der Waals surface area contributed by atoms with E-state index in [0.717, 1.165) is 16.6 Å². The molecule has 1 N–H and O–H groups in total. The van der Waals surface area contributed by atoms with Crippen molar-refractivity contribution in [3.8, 4) is 0 Å². The van der Waals surface area contributed by atoms with Crippen molar-refractivity contribution in [1.82, 2.24) is 15.1 Å². The normalized spacial score (nSPS) is 12.6. The maximum atomic E-state index is 13.1. The third-order valence-electron chi connectivity index (χ3n) is 2.67.